The van der Waals surface area contributed by atoms with Gasteiger partial charge in [-0.1, -0.05) is 32.6 Å². The van der Waals surface area contributed by atoms with Crippen LogP contribution in [0.3, 0.4) is 0 Å². The van der Waals surface area contributed by atoms with Crippen LogP contribution in [0.4, 0.5) is 11.4 Å². The zero-order valence-corrected chi connectivity index (χ0v) is 17.2. The zero-order chi connectivity index (χ0) is 20.4. The molecule has 0 saturated heterocycles. The van der Waals surface area contributed by atoms with Crippen molar-refractivity contribution in [3.63, 3.8) is 0 Å². The summed E-state index contributed by atoms with van der Waals surface area (Å²) in [7, 11) is -2.16. The summed E-state index contributed by atoms with van der Waals surface area (Å²) in [6, 6.07) is 12.8. The molecule has 0 aliphatic carbocycles. The third-order valence-electron chi connectivity index (χ3n) is 4.30. The van der Waals surface area contributed by atoms with Crippen molar-refractivity contribution in [3.05, 3.63) is 48.5 Å². The Hall–Kier alpha value is -2.54. The van der Waals surface area contributed by atoms with Gasteiger partial charge in [0, 0.05) is 17.8 Å². The predicted octanol–water partition coefficient (Wildman–Crippen LogP) is 4.80. The first kappa shape index (κ1) is 21.8. The lowest BCUT2D eigenvalue weighted by Crippen LogP contribution is -2.14. The number of hydrogen-bond donors (Lipinski definition) is 2. The lowest BCUT2D eigenvalue weighted by Gasteiger charge is -2.10. The minimum Gasteiger partial charge on any atom is -0.497 e. The quantitative estimate of drug-likeness (QED) is 0.527. The van der Waals surface area contributed by atoms with Gasteiger partial charge in [-0.25, -0.2) is 8.42 Å². The molecule has 6 nitrogen and oxygen atoms in total. The molecule has 1 amide bonds. The van der Waals surface area contributed by atoms with E-state index < -0.39 is 10.0 Å². The van der Waals surface area contributed by atoms with Gasteiger partial charge in [0.2, 0.25) is 5.91 Å². The Kier molecular flexibility index (Phi) is 8.32. The monoisotopic (exact) mass is 404 g/mol. The SMILES string of the molecule is CCCCCCCC(=O)Nc1ccc(S(=O)(=O)Nc2ccc(OC)cc2)cc1. The topological polar surface area (TPSA) is 84.5 Å². The fourth-order valence-corrected chi connectivity index (χ4v) is 3.76. The van der Waals surface area contributed by atoms with Crippen molar-refractivity contribution in [1.82, 2.24) is 0 Å². The Bertz CT molecular complexity index is 847. The van der Waals surface area contributed by atoms with Crippen molar-refractivity contribution >= 4 is 27.3 Å². The van der Waals surface area contributed by atoms with Crippen LogP contribution >= 0.6 is 0 Å². The van der Waals surface area contributed by atoms with Gasteiger partial charge in [-0.2, -0.15) is 0 Å². The molecule has 0 atom stereocenters. The summed E-state index contributed by atoms with van der Waals surface area (Å²) in [5.74, 6) is 0.594. The van der Waals surface area contributed by atoms with Crippen molar-refractivity contribution in [2.45, 2.75) is 50.3 Å². The summed E-state index contributed by atoms with van der Waals surface area (Å²) >= 11 is 0. The van der Waals surface area contributed by atoms with E-state index in [9.17, 15) is 13.2 Å². The molecule has 152 valence electrons. The second-order valence-corrected chi connectivity index (χ2v) is 8.25. The van der Waals surface area contributed by atoms with Crippen molar-refractivity contribution in [1.29, 1.82) is 0 Å². The third-order valence-corrected chi connectivity index (χ3v) is 5.70. The van der Waals surface area contributed by atoms with Crippen LogP contribution < -0.4 is 14.8 Å². The molecule has 2 rings (SSSR count). The van der Waals surface area contributed by atoms with Crippen molar-refractivity contribution in [2.75, 3.05) is 17.1 Å². The molecule has 0 saturated carbocycles. The van der Waals surface area contributed by atoms with Crippen LogP contribution in [0.5, 0.6) is 5.75 Å². The molecule has 0 spiro atoms. The third kappa shape index (κ3) is 6.88. The number of benzene rings is 2. The molecular weight excluding hydrogens is 376 g/mol. The molecule has 28 heavy (non-hydrogen) atoms. The van der Waals surface area contributed by atoms with E-state index in [0.717, 1.165) is 19.3 Å². The number of nitrogens with one attached hydrogen (secondary N) is 2. The first-order chi connectivity index (χ1) is 13.4. The Morgan fingerprint density at radius 1 is 0.893 bits per heavy atom. The highest BCUT2D eigenvalue weighted by Gasteiger charge is 2.14. The largest absolute Gasteiger partial charge is 0.497 e. The Balaban J connectivity index is 1.90. The summed E-state index contributed by atoms with van der Waals surface area (Å²) in [6.07, 6.45) is 5.91. The molecule has 2 N–H and O–H groups in total. The van der Waals surface area contributed by atoms with E-state index in [4.69, 9.17) is 4.74 Å². The van der Waals surface area contributed by atoms with Crippen molar-refractivity contribution in [3.8, 4) is 5.75 Å². The molecule has 0 unspecified atom stereocenters. The lowest BCUT2D eigenvalue weighted by molar-refractivity contribution is -0.116. The summed E-state index contributed by atoms with van der Waals surface area (Å²) in [5, 5.41) is 2.81. The number of rotatable bonds is 11. The highest BCUT2D eigenvalue weighted by Crippen LogP contribution is 2.20. The van der Waals surface area contributed by atoms with Crippen LogP contribution in [0.25, 0.3) is 0 Å². The van der Waals surface area contributed by atoms with E-state index in [1.165, 1.54) is 25.0 Å². The van der Waals surface area contributed by atoms with Crippen molar-refractivity contribution in [2.24, 2.45) is 0 Å². The number of carbonyl (C=O) groups is 1. The van der Waals surface area contributed by atoms with Gasteiger partial charge >= 0.3 is 0 Å². The number of unbranched alkanes of at least 4 members (excludes halogenated alkanes) is 4. The van der Waals surface area contributed by atoms with Crippen LogP contribution in [0, 0.1) is 0 Å². The molecule has 2 aromatic rings. The number of hydrogen-bond acceptors (Lipinski definition) is 4. The minimum atomic E-state index is -3.70. The molecule has 0 aliphatic heterocycles. The number of carbonyl (C=O) groups excluding carboxylic acids is 1. The summed E-state index contributed by atoms with van der Waals surface area (Å²) in [4.78, 5) is 12.1. The molecule has 0 aromatic heterocycles. The van der Waals surface area contributed by atoms with Gasteiger partial charge in [-0.15, -0.1) is 0 Å². The normalized spacial score (nSPS) is 11.1. The molecule has 0 radical (unpaired) electrons. The molecule has 2 aromatic carbocycles. The Morgan fingerprint density at radius 2 is 1.50 bits per heavy atom. The lowest BCUT2D eigenvalue weighted by atomic mass is 10.1. The van der Waals surface area contributed by atoms with E-state index in [2.05, 4.69) is 17.0 Å². The van der Waals surface area contributed by atoms with E-state index in [-0.39, 0.29) is 10.8 Å². The van der Waals surface area contributed by atoms with Gasteiger partial charge in [0.15, 0.2) is 0 Å². The number of anilines is 2. The van der Waals surface area contributed by atoms with Gasteiger partial charge in [0.1, 0.15) is 5.75 Å². The van der Waals surface area contributed by atoms with Gasteiger partial charge in [-0.3, -0.25) is 9.52 Å². The standard InChI is InChI=1S/C21H28N2O4S/c1-3-4-5-6-7-8-21(24)22-17-11-15-20(16-12-17)28(25,26)23-18-9-13-19(27-2)14-10-18/h9-16,23H,3-8H2,1-2H3,(H,22,24). The number of sulfonamides is 1. The number of methoxy groups -OCH3 is 1. The first-order valence-corrected chi connectivity index (χ1v) is 11.0. The van der Waals surface area contributed by atoms with E-state index in [0.29, 0.717) is 23.5 Å². The van der Waals surface area contributed by atoms with E-state index >= 15 is 0 Å². The summed E-state index contributed by atoms with van der Waals surface area (Å²) < 4.78 is 32.6. The second-order valence-electron chi connectivity index (χ2n) is 6.57. The Morgan fingerprint density at radius 3 is 2.11 bits per heavy atom. The smallest absolute Gasteiger partial charge is 0.261 e. The van der Waals surface area contributed by atoms with Crippen LogP contribution in [0.2, 0.25) is 0 Å². The second kappa shape index (κ2) is 10.7. The van der Waals surface area contributed by atoms with Gasteiger partial charge in [0.25, 0.3) is 10.0 Å². The van der Waals surface area contributed by atoms with Crippen LogP contribution in [-0.4, -0.2) is 21.4 Å². The molecular formula is C21H28N2O4S. The fraction of sp³-hybridized carbons (Fsp3) is 0.381. The average molecular weight is 405 g/mol. The van der Waals surface area contributed by atoms with Crippen LogP contribution in [-0.2, 0) is 14.8 Å². The number of amides is 1. The molecule has 0 fully saturated rings. The van der Waals surface area contributed by atoms with Gasteiger partial charge in [0.05, 0.1) is 12.0 Å². The van der Waals surface area contributed by atoms with Gasteiger partial charge < -0.3 is 10.1 Å². The van der Waals surface area contributed by atoms with Crippen molar-refractivity contribution < 1.29 is 17.9 Å². The minimum absolute atomic E-state index is 0.0523. The predicted molar refractivity (Wildman–Crippen MR) is 112 cm³/mol. The Labute approximate surface area is 167 Å². The van der Waals surface area contributed by atoms with Crippen LogP contribution in [0.1, 0.15) is 45.4 Å². The molecule has 0 bridgehead atoms. The van der Waals surface area contributed by atoms with E-state index in [1.54, 1.807) is 43.5 Å². The molecule has 0 aliphatic rings. The zero-order valence-electron chi connectivity index (χ0n) is 16.4. The summed E-state index contributed by atoms with van der Waals surface area (Å²) in [6.45, 7) is 2.16. The molecule has 7 heteroatoms. The fourth-order valence-electron chi connectivity index (χ4n) is 2.70. The maximum atomic E-state index is 12.5. The van der Waals surface area contributed by atoms with E-state index in [1.807, 2.05) is 0 Å². The highest BCUT2D eigenvalue weighted by atomic mass is 32.2. The summed E-state index contributed by atoms with van der Waals surface area (Å²) in [5.41, 5.74) is 1.03. The first-order valence-electron chi connectivity index (χ1n) is 9.51. The molecule has 0 heterocycles. The average Bonchev–Trinajstić information content (AvgIpc) is 2.68. The van der Waals surface area contributed by atoms with Gasteiger partial charge in [-0.05, 0) is 55.0 Å². The maximum absolute atomic E-state index is 12.5. The maximum Gasteiger partial charge on any atom is 0.261 e. The number of ether oxygens (including phenoxy) is 1. The highest BCUT2D eigenvalue weighted by molar-refractivity contribution is 7.92. The van der Waals surface area contributed by atoms with Crippen LogP contribution in [0.15, 0.2) is 53.4 Å².